The fraction of sp³-hybridized carbons (Fsp3) is 0.500. The van der Waals surface area contributed by atoms with Crippen LogP contribution >= 0.6 is 0 Å². The minimum Gasteiger partial charge on any atom is -0.507 e. The van der Waals surface area contributed by atoms with E-state index in [9.17, 15) is 15.0 Å². The molecular weight excluding hydrogens is 246 g/mol. The van der Waals surface area contributed by atoms with Crippen LogP contribution in [0.3, 0.4) is 0 Å². The van der Waals surface area contributed by atoms with E-state index >= 15 is 0 Å². The second-order valence-corrected chi connectivity index (χ2v) is 5.10. The molecule has 0 aliphatic carbocycles. The number of aromatic hydroxyl groups is 1. The van der Waals surface area contributed by atoms with Crippen LogP contribution < -0.4 is 4.74 Å². The lowest BCUT2D eigenvalue weighted by atomic mass is 9.98. The summed E-state index contributed by atoms with van der Waals surface area (Å²) in [5.41, 5.74) is -0.123. The number of hydrogen-bond acceptors (Lipinski definition) is 4. The van der Waals surface area contributed by atoms with E-state index in [-0.39, 0.29) is 5.75 Å². The maximum absolute atomic E-state index is 11.4. The molecule has 0 aromatic heterocycles. The first-order valence-corrected chi connectivity index (χ1v) is 6.31. The number of aliphatic carboxylic acids is 1. The normalized spacial score (nSPS) is 23.5. The summed E-state index contributed by atoms with van der Waals surface area (Å²) in [6, 6.07) is 5.08. The summed E-state index contributed by atoms with van der Waals surface area (Å²) in [7, 11) is 1.54. The number of likely N-dealkylation sites (tertiary alicyclic amines) is 1. The molecule has 5 nitrogen and oxygen atoms in total. The van der Waals surface area contributed by atoms with Crippen LogP contribution in [0, 0.1) is 0 Å². The molecule has 2 N–H and O–H groups in total. The monoisotopic (exact) mass is 265 g/mol. The number of carboxylic acid groups (broad SMARTS) is 1. The van der Waals surface area contributed by atoms with E-state index < -0.39 is 11.5 Å². The van der Waals surface area contributed by atoms with Crippen LogP contribution in [0.25, 0.3) is 0 Å². The van der Waals surface area contributed by atoms with Gasteiger partial charge in [0.05, 0.1) is 7.11 Å². The van der Waals surface area contributed by atoms with Crippen molar-refractivity contribution in [2.75, 3.05) is 13.7 Å². The van der Waals surface area contributed by atoms with Crippen molar-refractivity contribution in [3.8, 4) is 11.5 Å². The second-order valence-electron chi connectivity index (χ2n) is 5.10. The predicted octanol–water partition coefficient (Wildman–Crippen LogP) is 1.84. The molecule has 2 rings (SSSR count). The minimum absolute atomic E-state index is 0.138. The highest BCUT2D eigenvalue weighted by atomic mass is 16.5. The Morgan fingerprint density at radius 3 is 2.84 bits per heavy atom. The minimum atomic E-state index is -0.841. The molecule has 1 aliphatic heterocycles. The average molecular weight is 265 g/mol. The molecule has 1 saturated heterocycles. The zero-order chi connectivity index (χ0) is 14.0. The van der Waals surface area contributed by atoms with Crippen molar-refractivity contribution in [3.05, 3.63) is 23.8 Å². The van der Waals surface area contributed by atoms with Crippen LogP contribution in [0.5, 0.6) is 11.5 Å². The molecule has 1 aliphatic rings. The van der Waals surface area contributed by atoms with Gasteiger partial charge in [-0.1, -0.05) is 6.07 Å². The first-order chi connectivity index (χ1) is 8.97. The highest BCUT2D eigenvalue weighted by Crippen LogP contribution is 2.33. The van der Waals surface area contributed by atoms with Gasteiger partial charge in [-0.05, 0) is 32.4 Å². The van der Waals surface area contributed by atoms with Crippen molar-refractivity contribution in [2.45, 2.75) is 31.8 Å². The molecule has 19 heavy (non-hydrogen) atoms. The van der Waals surface area contributed by atoms with E-state index in [1.807, 2.05) is 4.90 Å². The zero-order valence-electron chi connectivity index (χ0n) is 11.2. The van der Waals surface area contributed by atoms with E-state index in [1.54, 1.807) is 25.1 Å². The van der Waals surface area contributed by atoms with Gasteiger partial charge < -0.3 is 14.9 Å². The maximum atomic E-state index is 11.4. The number of phenolic OH excluding ortho intramolecular Hbond substituents is 1. The summed E-state index contributed by atoms with van der Waals surface area (Å²) in [5.74, 6) is -0.0827. The van der Waals surface area contributed by atoms with Crippen LogP contribution in [0.4, 0.5) is 0 Å². The van der Waals surface area contributed by atoms with Crippen molar-refractivity contribution in [2.24, 2.45) is 0 Å². The first-order valence-electron chi connectivity index (χ1n) is 6.31. The smallest absolute Gasteiger partial charge is 0.323 e. The van der Waals surface area contributed by atoms with Crippen molar-refractivity contribution < 1.29 is 19.7 Å². The highest BCUT2D eigenvalue weighted by Gasteiger charge is 2.43. The molecule has 1 heterocycles. The zero-order valence-corrected chi connectivity index (χ0v) is 11.2. The standard InChI is InChI=1S/C14H19NO4/c1-14(13(17)18)6-3-7-15(14)9-10-4-5-11(19-2)8-12(10)16/h4-5,8,16H,3,6-7,9H2,1-2H3,(H,17,18). The molecular formula is C14H19NO4. The molecule has 1 fully saturated rings. The Morgan fingerprint density at radius 2 is 2.26 bits per heavy atom. The van der Waals surface area contributed by atoms with Crippen LogP contribution in [0.15, 0.2) is 18.2 Å². The molecule has 0 saturated carbocycles. The van der Waals surface area contributed by atoms with E-state index in [2.05, 4.69) is 0 Å². The van der Waals surface area contributed by atoms with Crippen LogP contribution in [-0.2, 0) is 11.3 Å². The number of methoxy groups -OCH3 is 1. The number of rotatable bonds is 4. The van der Waals surface area contributed by atoms with Crippen molar-refractivity contribution in [3.63, 3.8) is 0 Å². The lowest BCUT2D eigenvalue weighted by Crippen LogP contribution is -2.47. The maximum Gasteiger partial charge on any atom is 0.323 e. The van der Waals surface area contributed by atoms with E-state index in [1.165, 1.54) is 7.11 Å². The first kappa shape index (κ1) is 13.7. The van der Waals surface area contributed by atoms with E-state index in [0.29, 0.717) is 18.7 Å². The van der Waals surface area contributed by atoms with Crippen molar-refractivity contribution in [1.82, 2.24) is 4.90 Å². The molecule has 104 valence electrons. The summed E-state index contributed by atoms with van der Waals surface area (Å²) >= 11 is 0. The third-order valence-electron chi connectivity index (χ3n) is 3.90. The lowest BCUT2D eigenvalue weighted by molar-refractivity contribution is -0.148. The summed E-state index contributed by atoms with van der Waals surface area (Å²) in [6.07, 6.45) is 1.50. The highest BCUT2D eigenvalue weighted by molar-refractivity contribution is 5.78. The van der Waals surface area contributed by atoms with Gasteiger partial charge in [-0.25, -0.2) is 0 Å². The number of hydrogen-bond donors (Lipinski definition) is 2. The summed E-state index contributed by atoms with van der Waals surface area (Å²) in [6.45, 7) is 2.90. The topological polar surface area (TPSA) is 70.0 Å². The largest absolute Gasteiger partial charge is 0.507 e. The van der Waals surface area contributed by atoms with Crippen LogP contribution in [0.2, 0.25) is 0 Å². The fourth-order valence-corrected chi connectivity index (χ4v) is 2.52. The Morgan fingerprint density at radius 1 is 1.53 bits per heavy atom. The summed E-state index contributed by atoms with van der Waals surface area (Å²) < 4.78 is 5.03. The quantitative estimate of drug-likeness (QED) is 0.869. The molecule has 1 aromatic rings. The number of phenols is 1. The van der Waals surface area contributed by atoms with Crippen LogP contribution in [-0.4, -0.2) is 40.3 Å². The fourth-order valence-electron chi connectivity index (χ4n) is 2.52. The number of carboxylic acids is 1. The van der Waals surface area contributed by atoms with Gasteiger partial charge in [0.2, 0.25) is 0 Å². The Kier molecular flexibility index (Phi) is 3.66. The Hall–Kier alpha value is -1.75. The SMILES string of the molecule is COc1ccc(CN2CCCC2(C)C(=O)O)c(O)c1. The third kappa shape index (κ3) is 2.51. The third-order valence-corrected chi connectivity index (χ3v) is 3.90. The molecule has 0 radical (unpaired) electrons. The van der Waals surface area contributed by atoms with Gasteiger partial charge in [0.1, 0.15) is 17.0 Å². The van der Waals surface area contributed by atoms with Gasteiger partial charge in [0.25, 0.3) is 0 Å². The number of carbonyl (C=O) groups is 1. The van der Waals surface area contributed by atoms with Gasteiger partial charge in [0, 0.05) is 18.2 Å². The summed E-state index contributed by atoms with van der Waals surface area (Å²) in [4.78, 5) is 13.3. The van der Waals surface area contributed by atoms with Gasteiger partial charge in [0.15, 0.2) is 0 Å². The molecule has 0 amide bonds. The number of benzene rings is 1. The van der Waals surface area contributed by atoms with Gasteiger partial charge >= 0.3 is 5.97 Å². The van der Waals surface area contributed by atoms with E-state index in [4.69, 9.17) is 4.74 Å². The number of ether oxygens (including phenoxy) is 1. The van der Waals surface area contributed by atoms with Crippen LogP contribution in [0.1, 0.15) is 25.3 Å². The lowest BCUT2D eigenvalue weighted by Gasteiger charge is -2.31. The molecule has 1 unspecified atom stereocenters. The predicted molar refractivity (Wildman–Crippen MR) is 70.3 cm³/mol. The van der Waals surface area contributed by atoms with Crippen molar-refractivity contribution in [1.29, 1.82) is 0 Å². The van der Waals surface area contributed by atoms with Gasteiger partial charge in [-0.15, -0.1) is 0 Å². The Balaban J connectivity index is 2.19. The van der Waals surface area contributed by atoms with Crippen molar-refractivity contribution >= 4 is 5.97 Å². The molecule has 0 bridgehead atoms. The number of nitrogens with zero attached hydrogens (tertiary/aromatic N) is 1. The second kappa shape index (κ2) is 5.09. The molecule has 1 atom stereocenters. The Bertz CT molecular complexity index is 488. The average Bonchev–Trinajstić information content (AvgIpc) is 2.75. The van der Waals surface area contributed by atoms with Gasteiger partial charge in [-0.2, -0.15) is 0 Å². The Labute approximate surface area is 112 Å². The molecule has 1 aromatic carbocycles. The molecule has 5 heteroatoms. The van der Waals surface area contributed by atoms with Gasteiger partial charge in [-0.3, -0.25) is 9.69 Å². The molecule has 0 spiro atoms. The van der Waals surface area contributed by atoms with E-state index in [0.717, 1.165) is 18.5 Å². The summed E-state index contributed by atoms with van der Waals surface area (Å²) in [5, 5.41) is 19.3.